The van der Waals surface area contributed by atoms with Gasteiger partial charge in [-0.3, -0.25) is 14.4 Å². The Hall–Kier alpha value is -4.59. The summed E-state index contributed by atoms with van der Waals surface area (Å²) in [6.07, 6.45) is 3.82. The Labute approximate surface area is 233 Å². The van der Waals surface area contributed by atoms with Gasteiger partial charge in [-0.25, -0.2) is 9.80 Å². The standard InChI is InChI=1S/C32H31N3O5/c1-40-32(39)23-14-9-15-24(18-23)33-29(37)20-35-31(38)27(19-28(36)21-10-5-6-11-21)25-16-7-8-17-26(25)30(34-35)22-12-3-2-4-13-22/h2-4,7-9,12-18,21,27H,5-6,10-11,19-20H2,1H3,(H,33,37). The maximum atomic E-state index is 14.0. The Morgan fingerprint density at radius 2 is 1.68 bits per heavy atom. The van der Waals surface area contributed by atoms with Gasteiger partial charge in [0.15, 0.2) is 0 Å². The van der Waals surface area contributed by atoms with Crippen molar-refractivity contribution >= 4 is 35.0 Å². The van der Waals surface area contributed by atoms with E-state index in [2.05, 4.69) is 5.32 Å². The molecule has 1 aliphatic heterocycles. The van der Waals surface area contributed by atoms with Crippen molar-refractivity contribution in [1.82, 2.24) is 5.01 Å². The van der Waals surface area contributed by atoms with Crippen LogP contribution >= 0.6 is 0 Å². The molecule has 2 aliphatic rings. The molecule has 3 aromatic rings. The number of hydrogen-bond acceptors (Lipinski definition) is 6. The number of ether oxygens (including phenoxy) is 1. The summed E-state index contributed by atoms with van der Waals surface area (Å²) in [6.45, 7) is -0.361. The van der Waals surface area contributed by atoms with E-state index in [1.165, 1.54) is 18.2 Å². The number of Topliss-reactive ketones (excluding diaryl/α,β-unsaturated/α-hetero) is 1. The van der Waals surface area contributed by atoms with Crippen LogP contribution < -0.4 is 5.32 Å². The van der Waals surface area contributed by atoms with Crippen molar-refractivity contribution in [2.75, 3.05) is 19.0 Å². The molecule has 8 nitrogen and oxygen atoms in total. The van der Waals surface area contributed by atoms with Crippen LogP contribution in [0, 0.1) is 5.92 Å². The van der Waals surface area contributed by atoms with Gasteiger partial charge in [-0.1, -0.05) is 73.5 Å². The number of rotatable bonds is 8. The minimum atomic E-state index is -0.760. The van der Waals surface area contributed by atoms with Gasteiger partial charge in [0.25, 0.3) is 5.91 Å². The highest BCUT2D eigenvalue weighted by molar-refractivity contribution is 6.16. The van der Waals surface area contributed by atoms with Crippen LogP contribution in [0.2, 0.25) is 0 Å². The molecule has 204 valence electrons. The van der Waals surface area contributed by atoms with Crippen LogP contribution in [0.25, 0.3) is 0 Å². The number of carbonyl (C=O) groups is 4. The SMILES string of the molecule is COC(=O)c1cccc(NC(=O)CN2N=C(c3ccccc3)c3ccccc3C(CC(=O)C3CCCC3)C2=O)c1. The van der Waals surface area contributed by atoms with E-state index < -0.39 is 23.7 Å². The topological polar surface area (TPSA) is 105 Å². The van der Waals surface area contributed by atoms with Crippen LogP contribution in [0.3, 0.4) is 0 Å². The molecule has 3 aromatic carbocycles. The smallest absolute Gasteiger partial charge is 0.337 e. The van der Waals surface area contributed by atoms with E-state index in [9.17, 15) is 19.2 Å². The summed E-state index contributed by atoms with van der Waals surface area (Å²) in [5.74, 6) is -2.12. The normalized spacial score (nSPS) is 17.0. The van der Waals surface area contributed by atoms with Crippen molar-refractivity contribution in [3.63, 3.8) is 0 Å². The maximum Gasteiger partial charge on any atom is 0.337 e. The number of anilines is 1. The molecular weight excluding hydrogens is 506 g/mol. The molecule has 40 heavy (non-hydrogen) atoms. The average Bonchev–Trinajstić information content (AvgIpc) is 3.50. The lowest BCUT2D eigenvalue weighted by molar-refractivity contribution is -0.137. The molecule has 2 amide bonds. The number of esters is 1. The second-order valence-corrected chi connectivity index (χ2v) is 10.1. The molecule has 0 spiro atoms. The maximum absolute atomic E-state index is 14.0. The Kier molecular flexibility index (Phi) is 8.15. The van der Waals surface area contributed by atoms with Gasteiger partial charge >= 0.3 is 5.97 Å². The highest BCUT2D eigenvalue weighted by Gasteiger charge is 2.36. The number of hydrazone groups is 1. The molecule has 1 aliphatic carbocycles. The number of nitrogens with zero attached hydrogens (tertiary/aromatic N) is 2. The van der Waals surface area contributed by atoms with Gasteiger partial charge in [0.2, 0.25) is 5.91 Å². The van der Waals surface area contributed by atoms with Crippen molar-refractivity contribution in [1.29, 1.82) is 0 Å². The van der Waals surface area contributed by atoms with Crippen molar-refractivity contribution in [2.24, 2.45) is 11.0 Å². The number of hydrogen-bond donors (Lipinski definition) is 1. The van der Waals surface area contributed by atoms with Crippen LogP contribution in [0.1, 0.15) is 65.1 Å². The van der Waals surface area contributed by atoms with Crippen LogP contribution in [-0.4, -0.2) is 47.9 Å². The Morgan fingerprint density at radius 1 is 0.950 bits per heavy atom. The first kappa shape index (κ1) is 27.0. The molecule has 1 unspecified atom stereocenters. The second kappa shape index (κ2) is 12.1. The summed E-state index contributed by atoms with van der Waals surface area (Å²) in [7, 11) is 1.28. The van der Waals surface area contributed by atoms with Crippen molar-refractivity contribution in [3.05, 3.63) is 101 Å². The molecule has 1 saturated carbocycles. The molecule has 1 N–H and O–H groups in total. The van der Waals surface area contributed by atoms with E-state index in [1.54, 1.807) is 18.2 Å². The lowest BCUT2D eigenvalue weighted by Gasteiger charge is -2.22. The number of ketones is 1. The van der Waals surface area contributed by atoms with Crippen molar-refractivity contribution in [2.45, 2.75) is 38.0 Å². The fourth-order valence-corrected chi connectivity index (χ4v) is 5.47. The van der Waals surface area contributed by atoms with Crippen LogP contribution in [0.5, 0.6) is 0 Å². The van der Waals surface area contributed by atoms with Gasteiger partial charge in [0.05, 0.1) is 24.3 Å². The fraction of sp³-hybridized carbons (Fsp3) is 0.281. The number of methoxy groups -OCH3 is 1. The van der Waals surface area contributed by atoms with E-state index in [-0.39, 0.29) is 30.2 Å². The fourth-order valence-electron chi connectivity index (χ4n) is 5.47. The Bertz CT molecular complexity index is 1460. The molecular formula is C32H31N3O5. The summed E-state index contributed by atoms with van der Waals surface area (Å²) in [6, 6.07) is 23.4. The number of carbonyl (C=O) groups excluding carboxylic acids is 4. The summed E-state index contributed by atoms with van der Waals surface area (Å²) >= 11 is 0. The first-order chi connectivity index (χ1) is 19.4. The summed E-state index contributed by atoms with van der Waals surface area (Å²) in [4.78, 5) is 52.4. The molecule has 0 saturated heterocycles. The number of nitrogens with one attached hydrogen (secondary N) is 1. The Morgan fingerprint density at radius 3 is 2.42 bits per heavy atom. The van der Waals surface area contributed by atoms with Gasteiger partial charge in [-0.05, 0) is 36.6 Å². The third-order valence-electron chi connectivity index (χ3n) is 7.49. The molecule has 1 heterocycles. The molecule has 0 radical (unpaired) electrons. The molecule has 1 fully saturated rings. The third kappa shape index (κ3) is 5.86. The van der Waals surface area contributed by atoms with E-state index in [0.717, 1.165) is 42.4 Å². The van der Waals surface area contributed by atoms with E-state index >= 15 is 0 Å². The molecule has 0 bridgehead atoms. The minimum Gasteiger partial charge on any atom is -0.465 e. The molecule has 0 aromatic heterocycles. The van der Waals surface area contributed by atoms with Crippen molar-refractivity contribution < 1.29 is 23.9 Å². The highest BCUT2D eigenvalue weighted by atomic mass is 16.5. The Balaban J connectivity index is 1.48. The largest absolute Gasteiger partial charge is 0.465 e. The van der Waals surface area contributed by atoms with Gasteiger partial charge in [0, 0.05) is 29.2 Å². The molecule has 1 atom stereocenters. The average molecular weight is 538 g/mol. The highest BCUT2D eigenvalue weighted by Crippen LogP contribution is 2.35. The van der Waals surface area contributed by atoms with E-state index in [0.29, 0.717) is 11.4 Å². The monoisotopic (exact) mass is 537 g/mol. The lowest BCUT2D eigenvalue weighted by atomic mass is 9.84. The summed E-state index contributed by atoms with van der Waals surface area (Å²) in [5, 5.41) is 8.64. The van der Waals surface area contributed by atoms with Gasteiger partial charge in [-0.15, -0.1) is 0 Å². The zero-order chi connectivity index (χ0) is 28.1. The molecule has 5 rings (SSSR count). The van der Waals surface area contributed by atoms with Crippen molar-refractivity contribution in [3.8, 4) is 0 Å². The van der Waals surface area contributed by atoms with Crippen LogP contribution in [-0.2, 0) is 19.1 Å². The zero-order valence-corrected chi connectivity index (χ0v) is 22.3. The van der Waals surface area contributed by atoms with Gasteiger partial charge in [-0.2, -0.15) is 5.10 Å². The third-order valence-corrected chi connectivity index (χ3v) is 7.49. The van der Waals surface area contributed by atoms with E-state index in [1.807, 2.05) is 54.6 Å². The lowest BCUT2D eigenvalue weighted by Crippen LogP contribution is -2.37. The predicted octanol–water partition coefficient (Wildman–Crippen LogP) is 4.94. The summed E-state index contributed by atoms with van der Waals surface area (Å²) < 4.78 is 4.76. The van der Waals surface area contributed by atoms with Crippen LogP contribution in [0.4, 0.5) is 5.69 Å². The summed E-state index contributed by atoms with van der Waals surface area (Å²) in [5.41, 5.74) is 3.52. The van der Waals surface area contributed by atoms with Crippen LogP contribution in [0.15, 0.2) is 84.0 Å². The van der Waals surface area contributed by atoms with Gasteiger partial charge < -0.3 is 10.1 Å². The molecule has 8 heteroatoms. The number of amides is 2. The second-order valence-electron chi connectivity index (χ2n) is 10.1. The predicted molar refractivity (Wildman–Crippen MR) is 151 cm³/mol. The van der Waals surface area contributed by atoms with Gasteiger partial charge in [0.1, 0.15) is 12.3 Å². The van der Waals surface area contributed by atoms with E-state index in [4.69, 9.17) is 9.84 Å². The quantitative estimate of drug-likeness (QED) is 0.410. The first-order valence-corrected chi connectivity index (χ1v) is 13.5. The number of benzene rings is 3. The minimum absolute atomic E-state index is 0.0310. The number of fused-ring (bicyclic) bond motifs is 1. The first-order valence-electron chi connectivity index (χ1n) is 13.5. The zero-order valence-electron chi connectivity index (χ0n) is 22.3.